The van der Waals surface area contributed by atoms with Gasteiger partial charge < -0.3 is 10.2 Å². The summed E-state index contributed by atoms with van der Waals surface area (Å²) >= 11 is 0. The van der Waals surface area contributed by atoms with E-state index in [4.69, 9.17) is 0 Å². The molecule has 2 heterocycles. The second kappa shape index (κ2) is 5.41. The highest BCUT2D eigenvalue weighted by Crippen LogP contribution is 2.28. The number of hydrogen-bond acceptors (Lipinski definition) is 2. The van der Waals surface area contributed by atoms with Crippen molar-refractivity contribution in [3.63, 3.8) is 0 Å². The first-order chi connectivity index (χ1) is 8.83. The molecule has 0 bridgehead atoms. The smallest absolute Gasteiger partial charge is 0.0294 e. The summed E-state index contributed by atoms with van der Waals surface area (Å²) in [6.45, 7) is 4.92. The van der Waals surface area contributed by atoms with Gasteiger partial charge in [0.25, 0.3) is 0 Å². The lowest BCUT2D eigenvalue weighted by Crippen LogP contribution is -2.46. The van der Waals surface area contributed by atoms with Gasteiger partial charge in [-0.2, -0.15) is 0 Å². The zero-order valence-corrected chi connectivity index (χ0v) is 11.3. The maximum atomic E-state index is 3.82. The molecule has 2 aliphatic heterocycles. The molecule has 0 saturated carbocycles. The van der Waals surface area contributed by atoms with Crippen LogP contribution in [0.3, 0.4) is 0 Å². The highest BCUT2D eigenvalue weighted by Gasteiger charge is 2.31. The quantitative estimate of drug-likeness (QED) is 0.879. The van der Waals surface area contributed by atoms with Gasteiger partial charge in [-0.15, -0.1) is 0 Å². The SMILES string of the molecule is C[C@@H](NC1CCN2CCCC2C1)c1ccccc1. The highest BCUT2D eigenvalue weighted by molar-refractivity contribution is 5.18. The molecule has 2 unspecified atom stereocenters. The van der Waals surface area contributed by atoms with Crippen molar-refractivity contribution in [2.75, 3.05) is 13.1 Å². The lowest BCUT2D eigenvalue weighted by Gasteiger charge is -2.36. The van der Waals surface area contributed by atoms with Crippen molar-refractivity contribution in [3.8, 4) is 0 Å². The second-order valence-electron chi connectivity index (χ2n) is 5.85. The molecule has 1 aromatic carbocycles. The van der Waals surface area contributed by atoms with E-state index in [0.717, 1.165) is 6.04 Å². The van der Waals surface area contributed by atoms with E-state index in [-0.39, 0.29) is 0 Å². The molecule has 1 N–H and O–H groups in total. The van der Waals surface area contributed by atoms with E-state index in [0.29, 0.717) is 12.1 Å². The van der Waals surface area contributed by atoms with Crippen LogP contribution in [0.15, 0.2) is 30.3 Å². The number of hydrogen-bond donors (Lipinski definition) is 1. The average Bonchev–Trinajstić information content (AvgIpc) is 2.87. The van der Waals surface area contributed by atoms with E-state index < -0.39 is 0 Å². The van der Waals surface area contributed by atoms with E-state index in [1.54, 1.807) is 0 Å². The maximum absolute atomic E-state index is 3.82. The van der Waals surface area contributed by atoms with Crippen molar-refractivity contribution >= 4 is 0 Å². The minimum atomic E-state index is 0.476. The number of rotatable bonds is 3. The average molecular weight is 244 g/mol. The number of nitrogens with zero attached hydrogens (tertiary/aromatic N) is 1. The Labute approximate surface area is 110 Å². The van der Waals surface area contributed by atoms with Gasteiger partial charge in [0.2, 0.25) is 0 Å². The molecular formula is C16H24N2. The monoisotopic (exact) mass is 244 g/mol. The highest BCUT2D eigenvalue weighted by atomic mass is 15.2. The summed E-state index contributed by atoms with van der Waals surface area (Å²) in [6, 6.07) is 12.8. The molecular weight excluding hydrogens is 220 g/mol. The van der Waals surface area contributed by atoms with Gasteiger partial charge >= 0.3 is 0 Å². The third-order valence-electron chi connectivity index (χ3n) is 4.61. The predicted octanol–water partition coefficient (Wildman–Crippen LogP) is 2.96. The fourth-order valence-corrected chi connectivity index (χ4v) is 3.57. The summed E-state index contributed by atoms with van der Waals surface area (Å²) in [5, 5.41) is 3.82. The third-order valence-corrected chi connectivity index (χ3v) is 4.61. The largest absolute Gasteiger partial charge is 0.307 e. The number of benzene rings is 1. The molecule has 0 radical (unpaired) electrons. The van der Waals surface area contributed by atoms with Crippen LogP contribution in [0.5, 0.6) is 0 Å². The van der Waals surface area contributed by atoms with Crippen LogP contribution in [-0.4, -0.2) is 30.1 Å². The van der Waals surface area contributed by atoms with Crippen LogP contribution < -0.4 is 5.32 Å². The van der Waals surface area contributed by atoms with Crippen LogP contribution in [0, 0.1) is 0 Å². The van der Waals surface area contributed by atoms with Gasteiger partial charge in [0, 0.05) is 18.1 Å². The summed E-state index contributed by atoms with van der Waals surface area (Å²) in [5.74, 6) is 0. The zero-order valence-electron chi connectivity index (χ0n) is 11.3. The molecule has 0 spiro atoms. The minimum absolute atomic E-state index is 0.476. The van der Waals surface area contributed by atoms with Gasteiger partial charge in [0.05, 0.1) is 0 Å². The Morgan fingerprint density at radius 2 is 2.00 bits per heavy atom. The van der Waals surface area contributed by atoms with Gasteiger partial charge in [-0.05, 0) is 51.3 Å². The Morgan fingerprint density at radius 1 is 1.17 bits per heavy atom. The summed E-state index contributed by atoms with van der Waals surface area (Å²) in [6.07, 6.45) is 5.48. The van der Waals surface area contributed by atoms with Crippen LogP contribution in [0.1, 0.15) is 44.2 Å². The Kier molecular flexibility index (Phi) is 3.67. The fourth-order valence-electron chi connectivity index (χ4n) is 3.57. The molecule has 2 saturated heterocycles. The minimum Gasteiger partial charge on any atom is -0.307 e. The van der Waals surface area contributed by atoms with Gasteiger partial charge in [0.1, 0.15) is 0 Å². The predicted molar refractivity (Wildman–Crippen MR) is 75.6 cm³/mol. The van der Waals surface area contributed by atoms with Crippen LogP contribution in [0.25, 0.3) is 0 Å². The lowest BCUT2D eigenvalue weighted by atomic mass is 9.96. The molecule has 1 aromatic rings. The first-order valence-corrected chi connectivity index (χ1v) is 7.38. The zero-order chi connectivity index (χ0) is 12.4. The number of fused-ring (bicyclic) bond motifs is 1. The molecule has 0 aromatic heterocycles. The van der Waals surface area contributed by atoms with E-state index >= 15 is 0 Å². The fraction of sp³-hybridized carbons (Fsp3) is 0.625. The molecule has 98 valence electrons. The number of nitrogens with one attached hydrogen (secondary N) is 1. The van der Waals surface area contributed by atoms with Gasteiger partial charge in [-0.1, -0.05) is 30.3 Å². The van der Waals surface area contributed by atoms with Crippen LogP contribution >= 0.6 is 0 Å². The molecule has 2 nitrogen and oxygen atoms in total. The molecule has 2 aliphatic rings. The maximum Gasteiger partial charge on any atom is 0.0294 e. The van der Waals surface area contributed by atoms with Crippen molar-refractivity contribution in [2.45, 2.75) is 50.7 Å². The lowest BCUT2D eigenvalue weighted by molar-refractivity contribution is 0.162. The molecule has 3 rings (SSSR count). The Morgan fingerprint density at radius 3 is 2.83 bits per heavy atom. The Balaban J connectivity index is 1.57. The molecule has 18 heavy (non-hydrogen) atoms. The van der Waals surface area contributed by atoms with Crippen molar-refractivity contribution in [2.24, 2.45) is 0 Å². The second-order valence-corrected chi connectivity index (χ2v) is 5.85. The number of piperidine rings is 1. The normalized spacial score (nSPS) is 30.1. The summed E-state index contributed by atoms with van der Waals surface area (Å²) < 4.78 is 0. The molecule has 3 atom stereocenters. The van der Waals surface area contributed by atoms with Crippen molar-refractivity contribution in [3.05, 3.63) is 35.9 Å². The first-order valence-electron chi connectivity index (χ1n) is 7.38. The van der Waals surface area contributed by atoms with Crippen molar-refractivity contribution in [1.82, 2.24) is 10.2 Å². The molecule has 0 amide bonds. The summed E-state index contributed by atoms with van der Waals surface area (Å²) in [5.41, 5.74) is 1.41. The van der Waals surface area contributed by atoms with E-state index in [1.165, 1.54) is 44.3 Å². The van der Waals surface area contributed by atoms with E-state index in [2.05, 4.69) is 47.5 Å². The Hall–Kier alpha value is -0.860. The Bertz CT molecular complexity index is 376. The first kappa shape index (κ1) is 12.2. The van der Waals surface area contributed by atoms with Gasteiger partial charge in [-0.3, -0.25) is 0 Å². The molecule has 2 heteroatoms. The van der Waals surface area contributed by atoms with Crippen LogP contribution in [-0.2, 0) is 0 Å². The van der Waals surface area contributed by atoms with Gasteiger partial charge in [-0.25, -0.2) is 0 Å². The summed E-state index contributed by atoms with van der Waals surface area (Å²) in [4.78, 5) is 2.69. The van der Waals surface area contributed by atoms with E-state index in [9.17, 15) is 0 Å². The van der Waals surface area contributed by atoms with Crippen molar-refractivity contribution in [1.29, 1.82) is 0 Å². The van der Waals surface area contributed by atoms with Crippen LogP contribution in [0.2, 0.25) is 0 Å². The van der Waals surface area contributed by atoms with Crippen molar-refractivity contribution < 1.29 is 0 Å². The molecule has 2 fully saturated rings. The third kappa shape index (κ3) is 2.60. The van der Waals surface area contributed by atoms with Crippen LogP contribution in [0.4, 0.5) is 0 Å². The standard InChI is InChI=1S/C16H24N2/c1-13(14-6-3-2-4-7-14)17-15-9-11-18-10-5-8-16(18)12-15/h2-4,6-7,13,15-17H,5,8-12H2,1H3/t13-,15?,16?/m1/s1. The van der Waals surface area contributed by atoms with E-state index in [1.807, 2.05) is 0 Å². The topological polar surface area (TPSA) is 15.3 Å². The summed E-state index contributed by atoms with van der Waals surface area (Å²) in [7, 11) is 0. The molecule has 0 aliphatic carbocycles. The van der Waals surface area contributed by atoms with Gasteiger partial charge in [0.15, 0.2) is 0 Å².